The number of carbonyl (C=O) groups is 8. The number of H-pyrrole nitrogens is 2. The third-order valence-corrected chi connectivity index (χ3v) is 13.5. The van der Waals surface area contributed by atoms with Crippen molar-refractivity contribution in [1.29, 1.82) is 0 Å². The van der Waals surface area contributed by atoms with Crippen LogP contribution in [0.15, 0.2) is 85.2 Å². The monoisotopic (exact) mass is 1190 g/mol. The van der Waals surface area contributed by atoms with E-state index in [0.717, 1.165) is 10.9 Å². The Morgan fingerprint density at radius 2 is 0.988 bits per heavy atom. The highest BCUT2D eigenvalue weighted by atomic mass is 32.2. The zero-order chi connectivity index (χ0) is 60.5. The summed E-state index contributed by atoms with van der Waals surface area (Å²) in [6, 6.07) is 13.5. The minimum absolute atomic E-state index is 0.00550. The zero-order valence-electron chi connectivity index (χ0n) is 47.0. The third kappa shape index (κ3) is 24.3. The number of primary amides is 1. The van der Waals surface area contributed by atoms with Crippen LogP contribution in [0.1, 0.15) is 36.0 Å². The number of carboxylic acid groups (broad SMARTS) is 1. The fraction of sp³-hybridized carbons (Fsp3) is 0.474. The number of phenolic OH excluding ortho intramolecular Hbond substituents is 1. The van der Waals surface area contributed by atoms with Gasteiger partial charge in [0.25, 0.3) is 0 Å². The molecule has 0 saturated heterocycles. The number of aromatic hydroxyl groups is 1. The number of aromatic nitrogens is 2. The summed E-state index contributed by atoms with van der Waals surface area (Å²) in [6.07, 6.45) is 3.91. The Morgan fingerprint density at radius 3 is 1.50 bits per heavy atom. The highest BCUT2D eigenvalue weighted by molar-refractivity contribution is 7.98. The Balaban J connectivity index is 1.18. The van der Waals surface area contributed by atoms with Gasteiger partial charge in [0.2, 0.25) is 41.4 Å². The second-order valence-corrected chi connectivity index (χ2v) is 20.1. The maximum absolute atomic E-state index is 14.5. The number of carbonyl (C=O) groups excluding carboxylic acids is 7. The van der Waals surface area contributed by atoms with Gasteiger partial charge in [0.05, 0.1) is 92.2 Å². The molecule has 27 heteroatoms. The van der Waals surface area contributed by atoms with Crippen LogP contribution in [0, 0.1) is 0 Å². The van der Waals surface area contributed by atoms with Crippen molar-refractivity contribution in [1.82, 2.24) is 41.9 Å². The van der Waals surface area contributed by atoms with Crippen molar-refractivity contribution in [2.24, 2.45) is 11.5 Å². The molecule has 5 aromatic rings. The molecule has 0 aliphatic rings. The smallest absolute Gasteiger partial charge is 0.305 e. The first-order valence-corrected chi connectivity index (χ1v) is 28.9. The van der Waals surface area contributed by atoms with Gasteiger partial charge in [0.1, 0.15) is 36.0 Å². The van der Waals surface area contributed by atoms with Crippen molar-refractivity contribution in [2.75, 3.05) is 104 Å². The predicted molar refractivity (Wildman–Crippen MR) is 312 cm³/mol. The van der Waals surface area contributed by atoms with Gasteiger partial charge >= 0.3 is 5.97 Å². The van der Waals surface area contributed by atoms with Crippen molar-refractivity contribution >= 4 is 80.9 Å². The van der Waals surface area contributed by atoms with Crippen molar-refractivity contribution in [3.63, 3.8) is 0 Å². The Labute approximate surface area is 490 Å². The van der Waals surface area contributed by atoms with Crippen LogP contribution in [0.25, 0.3) is 21.8 Å². The number of thioether (sulfide) groups is 1. The normalized spacial score (nSPS) is 13.1. The van der Waals surface area contributed by atoms with E-state index in [4.69, 9.17) is 39.9 Å². The van der Waals surface area contributed by atoms with E-state index >= 15 is 0 Å². The van der Waals surface area contributed by atoms with E-state index in [1.165, 1.54) is 23.9 Å². The lowest BCUT2D eigenvalue weighted by atomic mass is 10.0. The van der Waals surface area contributed by atoms with Crippen molar-refractivity contribution in [3.8, 4) is 5.75 Å². The Bertz CT molecular complexity index is 2870. The molecule has 7 amide bonds. The van der Waals surface area contributed by atoms with Crippen LogP contribution in [-0.2, 0) is 86.0 Å². The van der Waals surface area contributed by atoms with Gasteiger partial charge < -0.3 is 92.0 Å². The molecule has 0 saturated carbocycles. The molecule has 0 radical (unpaired) electrons. The van der Waals surface area contributed by atoms with Crippen molar-refractivity contribution in [2.45, 2.75) is 68.7 Å². The fourth-order valence-corrected chi connectivity index (χ4v) is 8.98. The van der Waals surface area contributed by atoms with E-state index < -0.39 is 90.5 Å². The number of phenols is 1. The first-order valence-electron chi connectivity index (χ1n) is 27.5. The summed E-state index contributed by atoms with van der Waals surface area (Å²) >= 11 is 1.38. The number of carboxylic acids is 1. The molecular formula is C57H78N10O16S. The number of benzene rings is 3. The number of hydrogen-bond donors (Lipinski definition) is 12. The molecule has 14 N–H and O–H groups in total. The van der Waals surface area contributed by atoms with Crippen molar-refractivity contribution in [3.05, 3.63) is 102 Å². The molecule has 2 heterocycles. The lowest BCUT2D eigenvalue weighted by Crippen LogP contribution is -2.59. The molecule has 0 aliphatic carbocycles. The summed E-state index contributed by atoms with van der Waals surface area (Å²) in [6.45, 7) is 3.86. The Kier molecular flexibility index (Phi) is 30.0. The molecule has 26 nitrogen and oxygen atoms in total. The van der Waals surface area contributed by atoms with Gasteiger partial charge in [0.15, 0.2) is 0 Å². The number of amides is 7. The van der Waals surface area contributed by atoms with E-state index in [2.05, 4.69) is 41.9 Å². The molecule has 2 aromatic heterocycles. The van der Waals surface area contributed by atoms with Gasteiger partial charge in [-0.3, -0.25) is 38.4 Å². The number of para-hydroxylation sites is 2. The number of aromatic amines is 2. The van der Waals surface area contributed by atoms with E-state index in [9.17, 15) is 48.6 Å². The van der Waals surface area contributed by atoms with Crippen molar-refractivity contribution < 1.29 is 77.0 Å². The second kappa shape index (κ2) is 37.5. The van der Waals surface area contributed by atoms with Crippen LogP contribution < -0.4 is 43.4 Å². The van der Waals surface area contributed by atoms with Crippen LogP contribution in [-0.4, -0.2) is 202 Å². The maximum Gasteiger partial charge on any atom is 0.305 e. The number of nitrogens with one attached hydrogen (secondary N) is 8. The van der Waals surface area contributed by atoms with E-state index in [0.29, 0.717) is 99.4 Å². The summed E-state index contributed by atoms with van der Waals surface area (Å²) in [5.74, 6) is -6.94. The predicted octanol–water partition coefficient (Wildman–Crippen LogP) is 0.0844. The molecule has 0 bridgehead atoms. The summed E-state index contributed by atoms with van der Waals surface area (Å²) in [5.41, 5.74) is 14.4. The van der Waals surface area contributed by atoms with Crippen LogP contribution >= 0.6 is 11.8 Å². The molecule has 0 aliphatic heterocycles. The van der Waals surface area contributed by atoms with Gasteiger partial charge in [0, 0.05) is 66.4 Å². The van der Waals surface area contributed by atoms with Gasteiger partial charge in [-0.2, -0.15) is 11.8 Å². The highest BCUT2D eigenvalue weighted by Gasteiger charge is 2.33. The standard InChI is InChI=1S/C57H78N10O16S/c1-84-29-15-45(65-56(76)47(30-37-10-12-40(68)13-11-37)64-50(69)14-17-78-19-21-80-23-25-82-27-28-83-26-24-81-22-20-79-18-16-58)55(75)66-48(32-39-35-61-44-9-5-3-7-42(39)44)57(77)67-49(33-52(71)72)54(74)62-36-51(70)63-46(53(59)73)31-38-34-60-43-8-4-2-6-41(38)43/h2-13,34-35,45-49,60-61,68H,14-33,36,58H2,1H3,(H2,59,73)(H,62,74)(H,63,70)(H,64,69)(H,65,76)(H,66,75)(H,67,77)(H,71,72)/t45-,46-,47-,48-,49-/m0/s1. The van der Waals surface area contributed by atoms with E-state index in [-0.39, 0.29) is 57.7 Å². The first kappa shape index (κ1) is 67.2. The molecule has 5 rings (SSSR count). The van der Waals surface area contributed by atoms with Gasteiger partial charge in [-0.15, -0.1) is 0 Å². The molecule has 5 atom stereocenters. The summed E-state index contributed by atoms with van der Waals surface area (Å²) in [7, 11) is 0. The summed E-state index contributed by atoms with van der Waals surface area (Å²) < 4.78 is 32.7. The zero-order valence-corrected chi connectivity index (χ0v) is 47.8. The van der Waals surface area contributed by atoms with Gasteiger partial charge in [-0.05, 0) is 59.4 Å². The molecule has 0 fully saturated rings. The Hall–Kier alpha value is -7.63. The number of ether oxygens (including phenoxy) is 6. The van der Waals surface area contributed by atoms with Crippen LogP contribution in [0.4, 0.5) is 0 Å². The van der Waals surface area contributed by atoms with Gasteiger partial charge in [-0.1, -0.05) is 48.5 Å². The number of aliphatic carboxylic acids is 1. The van der Waals surface area contributed by atoms with Crippen LogP contribution in [0.5, 0.6) is 5.75 Å². The molecule has 0 spiro atoms. The van der Waals surface area contributed by atoms with E-state index in [1.807, 2.05) is 24.3 Å². The highest BCUT2D eigenvalue weighted by Crippen LogP contribution is 2.21. The van der Waals surface area contributed by atoms with Gasteiger partial charge in [-0.25, -0.2) is 0 Å². The molecular weight excluding hydrogens is 1110 g/mol. The third-order valence-electron chi connectivity index (χ3n) is 12.8. The molecule has 0 unspecified atom stereocenters. The van der Waals surface area contributed by atoms with Crippen LogP contribution in [0.2, 0.25) is 0 Å². The average molecular weight is 1190 g/mol. The fourth-order valence-electron chi connectivity index (χ4n) is 8.51. The lowest BCUT2D eigenvalue weighted by molar-refractivity contribution is -0.141. The lowest BCUT2D eigenvalue weighted by Gasteiger charge is -2.26. The molecule has 84 heavy (non-hydrogen) atoms. The minimum atomic E-state index is -1.77. The minimum Gasteiger partial charge on any atom is -0.508 e. The number of fused-ring (bicyclic) bond motifs is 2. The second-order valence-electron chi connectivity index (χ2n) is 19.1. The summed E-state index contributed by atoms with van der Waals surface area (Å²) in [4.78, 5) is 114. The summed E-state index contributed by atoms with van der Waals surface area (Å²) in [5, 5.41) is 36.8. The number of rotatable bonds is 43. The largest absolute Gasteiger partial charge is 0.508 e. The van der Waals surface area contributed by atoms with E-state index in [1.54, 1.807) is 55.0 Å². The van der Waals surface area contributed by atoms with Crippen LogP contribution in [0.3, 0.4) is 0 Å². The molecule has 3 aromatic carbocycles. The topological polar surface area (TPSA) is 388 Å². The Morgan fingerprint density at radius 1 is 0.536 bits per heavy atom. The number of nitrogens with two attached hydrogens (primary N) is 2. The SMILES string of the molecule is CSCC[C@H](NC(=O)[C@H](Cc1ccc(O)cc1)NC(=O)CCOCCOCCOCCOCCOCCOCCN)C(=O)N[C@@H](Cc1c[nH]c2ccccc12)C(=O)N[C@@H](CC(=O)O)C(=O)NCC(=O)N[C@@H](Cc1c[nH]c2ccccc12)C(N)=O. The average Bonchev–Trinajstić information content (AvgIpc) is 4.21. The molecule has 458 valence electrons. The first-order chi connectivity index (χ1) is 40.6. The number of hydrogen-bond acceptors (Lipinski definition) is 17. The quantitative estimate of drug-likeness (QED) is 0.0230. The maximum atomic E-state index is 14.5.